The van der Waals surface area contributed by atoms with E-state index in [9.17, 15) is 4.79 Å². The topological polar surface area (TPSA) is 66.9 Å². The Morgan fingerprint density at radius 1 is 1.15 bits per heavy atom. The third kappa shape index (κ3) is 3.77. The number of amides is 1. The molecule has 1 heterocycles. The lowest BCUT2D eigenvalue weighted by atomic mass is 10.3. The molecule has 0 aliphatic carbocycles. The Labute approximate surface area is 125 Å². The normalized spacial score (nSPS) is 10.4. The molecule has 6 heteroatoms. The van der Waals surface area contributed by atoms with E-state index in [0.29, 0.717) is 11.5 Å². The molecule has 5 nitrogen and oxygen atoms in total. The Morgan fingerprint density at radius 3 is 2.50 bits per heavy atom. The molecule has 0 aliphatic rings. The highest BCUT2D eigenvalue weighted by molar-refractivity contribution is 9.10. The van der Waals surface area contributed by atoms with Crippen LogP contribution in [0, 0.1) is 0 Å². The maximum atomic E-state index is 11.7. The SMILES string of the molecule is CC(C)NC(=O)c1ccc(Nc2ccccc2Br)nn1. The van der Waals surface area contributed by atoms with Crippen molar-refractivity contribution >= 4 is 33.3 Å². The minimum absolute atomic E-state index is 0.0716. The van der Waals surface area contributed by atoms with E-state index in [2.05, 4.69) is 36.8 Å². The molecule has 0 fully saturated rings. The van der Waals surface area contributed by atoms with Crippen LogP contribution in [0.25, 0.3) is 0 Å². The quantitative estimate of drug-likeness (QED) is 0.901. The predicted octanol–water partition coefficient (Wildman–Crippen LogP) is 3.12. The van der Waals surface area contributed by atoms with Crippen LogP contribution in [0.15, 0.2) is 40.9 Å². The number of nitrogens with one attached hydrogen (secondary N) is 2. The van der Waals surface area contributed by atoms with Crippen molar-refractivity contribution in [3.05, 3.63) is 46.6 Å². The summed E-state index contributed by atoms with van der Waals surface area (Å²) in [4.78, 5) is 11.7. The molecule has 1 amide bonds. The van der Waals surface area contributed by atoms with Crippen LogP contribution in [0.3, 0.4) is 0 Å². The van der Waals surface area contributed by atoms with E-state index >= 15 is 0 Å². The van der Waals surface area contributed by atoms with Crippen LogP contribution >= 0.6 is 15.9 Å². The molecule has 2 aromatic rings. The van der Waals surface area contributed by atoms with Gasteiger partial charge in [0.1, 0.15) is 0 Å². The van der Waals surface area contributed by atoms with Crippen LogP contribution in [0.4, 0.5) is 11.5 Å². The van der Waals surface area contributed by atoms with E-state index in [4.69, 9.17) is 0 Å². The first-order valence-corrected chi connectivity index (χ1v) is 7.01. The van der Waals surface area contributed by atoms with Gasteiger partial charge in [-0.3, -0.25) is 4.79 Å². The van der Waals surface area contributed by atoms with Crippen LogP contribution in [-0.2, 0) is 0 Å². The van der Waals surface area contributed by atoms with Gasteiger partial charge in [-0.25, -0.2) is 0 Å². The number of halogens is 1. The lowest BCUT2D eigenvalue weighted by Gasteiger charge is -2.09. The van der Waals surface area contributed by atoms with Crippen molar-refractivity contribution in [2.75, 3.05) is 5.32 Å². The van der Waals surface area contributed by atoms with Gasteiger partial charge in [0.2, 0.25) is 0 Å². The Hall–Kier alpha value is -1.95. The number of para-hydroxylation sites is 1. The monoisotopic (exact) mass is 334 g/mol. The largest absolute Gasteiger partial charge is 0.348 e. The molecule has 0 unspecified atom stereocenters. The van der Waals surface area contributed by atoms with Crippen LogP contribution in [-0.4, -0.2) is 22.1 Å². The van der Waals surface area contributed by atoms with Gasteiger partial charge in [-0.15, -0.1) is 10.2 Å². The Morgan fingerprint density at radius 2 is 1.90 bits per heavy atom. The standard InChI is InChI=1S/C14H15BrN4O/c1-9(2)16-14(20)12-7-8-13(19-18-12)17-11-6-4-3-5-10(11)15/h3-9H,1-2H3,(H,16,20)(H,17,19). The molecule has 1 aromatic heterocycles. The molecule has 104 valence electrons. The lowest BCUT2D eigenvalue weighted by Crippen LogP contribution is -2.30. The van der Waals surface area contributed by atoms with Crippen molar-refractivity contribution in [2.45, 2.75) is 19.9 Å². The van der Waals surface area contributed by atoms with Crippen molar-refractivity contribution < 1.29 is 4.79 Å². The van der Waals surface area contributed by atoms with E-state index in [0.717, 1.165) is 10.2 Å². The maximum absolute atomic E-state index is 11.7. The Bertz CT molecular complexity index is 598. The molecule has 0 atom stereocenters. The predicted molar refractivity (Wildman–Crippen MR) is 82.1 cm³/mol. The molecule has 1 aromatic carbocycles. The Kier molecular flexibility index (Phi) is 4.68. The zero-order valence-corrected chi connectivity index (χ0v) is 12.8. The fraction of sp³-hybridized carbons (Fsp3) is 0.214. The summed E-state index contributed by atoms with van der Waals surface area (Å²) >= 11 is 3.44. The van der Waals surface area contributed by atoms with E-state index < -0.39 is 0 Å². The van der Waals surface area contributed by atoms with Crippen LogP contribution < -0.4 is 10.6 Å². The second-order valence-corrected chi connectivity index (χ2v) is 5.39. The molecule has 2 rings (SSSR count). The van der Waals surface area contributed by atoms with Gasteiger partial charge < -0.3 is 10.6 Å². The minimum Gasteiger partial charge on any atom is -0.348 e. The number of carbonyl (C=O) groups is 1. The van der Waals surface area contributed by atoms with E-state index in [1.165, 1.54) is 0 Å². The van der Waals surface area contributed by atoms with E-state index in [-0.39, 0.29) is 11.9 Å². The third-order valence-electron chi connectivity index (χ3n) is 2.45. The number of rotatable bonds is 4. The summed E-state index contributed by atoms with van der Waals surface area (Å²) in [7, 11) is 0. The van der Waals surface area contributed by atoms with Crippen LogP contribution in [0.2, 0.25) is 0 Å². The van der Waals surface area contributed by atoms with Crippen LogP contribution in [0.1, 0.15) is 24.3 Å². The summed E-state index contributed by atoms with van der Waals surface area (Å²) in [6.07, 6.45) is 0. The molecule has 0 bridgehead atoms. The van der Waals surface area contributed by atoms with Crippen molar-refractivity contribution in [2.24, 2.45) is 0 Å². The molecular weight excluding hydrogens is 320 g/mol. The van der Waals surface area contributed by atoms with Crippen molar-refractivity contribution in [1.29, 1.82) is 0 Å². The number of benzene rings is 1. The molecular formula is C14H15BrN4O. The molecule has 0 saturated carbocycles. The molecule has 20 heavy (non-hydrogen) atoms. The van der Waals surface area contributed by atoms with Gasteiger partial charge in [-0.1, -0.05) is 12.1 Å². The zero-order valence-electron chi connectivity index (χ0n) is 11.2. The zero-order chi connectivity index (χ0) is 14.5. The summed E-state index contributed by atoms with van der Waals surface area (Å²) in [6, 6.07) is 11.1. The second-order valence-electron chi connectivity index (χ2n) is 4.54. The highest BCUT2D eigenvalue weighted by Gasteiger charge is 2.09. The maximum Gasteiger partial charge on any atom is 0.271 e. The molecule has 0 spiro atoms. The van der Waals surface area contributed by atoms with E-state index in [1.54, 1.807) is 12.1 Å². The number of hydrogen-bond acceptors (Lipinski definition) is 4. The smallest absolute Gasteiger partial charge is 0.271 e. The number of carbonyl (C=O) groups excluding carboxylic acids is 1. The fourth-order valence-corrected chi connectivity index (χ4v) is 1.94. The molecule has 0 saturated heterocycles. The average Bonchev–Trinajstić information content (AvgIpc) is 2.41. The molecule has 0 radical (unpaired) electrons. The summed E-state index contributed by atoms with van der Waals surface area (Å²) in [6.45, 7) is 3.79. The first-order chi connectivity index (χ1) is 9.56. The van der Waals surface area contributed by atoms with Crippen molar-refractivity contribution in [3.8, 4) is 0 Å². The van der Waals surface area contributed by atoms with Gasteiger partial charge in [0, 0.05) is 10.5 Å². The lowest BCUT2D eigenvalue weighted by molar-refractivity contribution is 0.0937. The first kappa shape index (κ1) is 14.5. The molecule has 2 N–H and O–H groups in total. The third-order valence-corrected chi connectivity index (χ3v) is 3.15. The second kappa shape index (κ2) is 6.47. The van der Waals surface area contributed by atoms with Crippen molar-refractivity contribution in [1.82, 2.24) is 15.5 Å². The van der Waals surface area contributed by atoms with Crippen molar-refractivity contribution in [3.63, 3.8) is 0 Å². The first-order valence-electron chi connectivity index (χ1n) is 6.22. The van der Waals surface area contributed by atoms with Gasteiger partial charge in [-0.2, -0.15) is 0 Å². The number of hydrogen-bond donors (Lipinski definition) is 2. The fourth-order valence-electron chi connectivity index (χ4n) is 1.56. The van der Waals surface area contributed by atoms with Gasteiger partial charge in [0.05, 0.1) is 5.69 Å². The van der Waals surface area contributed by atoms with Gasteiger partial charge in [0.15, 0.2) is 11.5 Å². The molecule has 0 aliphatic heterocycles. The summed E-state index contributed by atoms with van der Waals surface area (Å²) in [5.41, 5.74) is 1.19. The number of aromatic nitrogens is 2. The van der Waals surface area contributed by atoms with Crippen LogP contribution in [0.5, 0.6) is 0 Å². The average molecular weight is 335 g/mol. The van der Waals surface area contributed by atoms with Gasteiger partial charge in [-0.05, 0) is 54.0 Å². The Balaban J connectivity index is 2.09. The van der Waals surface area contributed by atoms with E-state index in [1.807, 2.05) is 38.1 Å². The highest BCUT2D eigenvalue weighted by Crippen LogP contribution is 2.23. The van der Waals surface area contributed by atoms with Gasteiger partial charge >= 0.3 is 0 Å². The number of anilines is 2. The summed E-state index contributed by atoms with van der Waals surface area (Å²) < 4.78 is 0.934. The van der Waals surface area contributed by atoms with Gasteiger partial charge in [0.25, 0.3) is 5.91 Å². The number of nitrogens with zero attached hydrogens (tertiary/aromatic N) is 2. The summed E-state index contributed by atoms with van der Waals surface area (Å²) in [5.74, 6) is 0.359. The highest BCUT2D eigenvalue weighted by atomic mass is 79.9. The minimum atomic E-state index is -0.222. The summed E-state index contributed by atoms with van der Waals surface area (Å²) in [5, 5.41) is 13.8.